The quantitative estimate of drug-likeness (QED) is 0.0835. The first kappa shape index (κ1) is 34.6. The number of aliphatic hydroxyl groups is 3. The number of methoxy groups -OCH3 is 1. The van der Waals surface area contributed by atoms with E-state index in [2.05, 4.69) is 25.8 Å². The number of sulfone groups is 1. The summed E-state index contributed by atoms with van der Waals surface area (Å²) in [6.07, 6.45) is 0. The van der Waals surface area contributed by atoms with E-state index in [0.29, 0.717) is 47.5 Å². The van der Waals surface area contributed by atoms with Crippen molar-refractivity contribution < 1.29 is 33.2 Å². The van der Waals surface area contributed by atoms with Crippen molar-refractivity contribution in [1.82, 2.24) is 9.88 Å². The highest BCUT2D eigenvalue weighted by atomic mass is 32.2. The number of para-hydroxylation sites is 1. The van der Waals surface area contributed by atoms with Gasteiger partial charge < -0.3 is 41.2 Å². The normalized spacial score (nSPS) is 11.8. The number of benzene rings is 2. The lowest BCUT2D eigenvalue weighted by Crippen LogP contribution is -2.34. The molecule has 3 aromatic rings. The summed E-state index contributed by atoms with van der Waals surface area (Å²) < 4.78 is 37.1. The lowest BCUT2D eigenvalue weighted by molar-refractivity contribution is 0.0992. The van der Waals surface area contributed by atoms with Crippen LogP contribution in [-0.2, 0) is 14.6 Å². The first-order valence-corrected chi connectivity index (χ1v) is 15.7. The van der Waals surface area contributed by atoms with Gasteiger partial charge in [-0.25, -0.2) is 13.4 Å². The van der Waals surface area contributed by atoms with Gasteiger partial charge in [0.1, 0.15) is 17.1 Å². The molecule has 1 aromatic heterocycles. The molecular formula is C29H41N7O7S. The third kappa shape index (κ3) is 9.83. The summed E-state index contributed by atoms with van der Waals surface area (Å²) in [6, 6.07) is 13.7. The molecule has 0 saturated heterocycles. The number of nitrogens with one attached hydrogen (secondary N) is 2. The van der Waals surface area contributed by atoms with Gasteiger partial charge in [0.05, 0.1) is 56.5 Å². The summed E-state index contributed by atoms with van der Waals surface area (Å²) in [4.78, 5) is 6.35. The molecule has 2 aromatic carbocycles. The average molecular weight is 632 g/mol. The lowest BCUT2D eigenvalue weighted by atomic mass is 10.2. The Bertz CT molecular complexity index is 1470. The maximum Gasteiger partial charge on any atom is 0.179 e. The molecule has 15 heteroatoms. The van der Waals surface area contributed by atoms with Gasteiger partial charge in [-0.15, -0.1) is 10.2 Å². The molecule has 0 unspecified atom stereocenters. The predicted octanol–water partition coefficient (Wildman–Crippen LogP) is 2.62. The lowest BCUT2D eigenvalue weighted by Gasteiger charge is -2.20. The molecule has 0 saturated carbocycles. The number of aromatic nitrogens is 1. The minimum Gasteiger partial charge on any atom is -0.494 e. The van der Waals surface area contributed by atoms with Gasteiger partial charge in [0.15, 0.2) is 21.5 Å². The molecule has 0 fully saturated rings. The number of ether oxygens (including phenoxy) is 2. The zero-order chi connectivity index (χ0) is 32.0. The number of azo groups is 1. The number of hydrogen-bond acceptors (Lipinski definition) is 14. The van der Waals surface area contributed by atoms with Crippen molar-refractivity contribution >= 4 is 44.2 Å². The zero-order valence-electron chi connectivity index (χ0n) is 24.9. The Morgan fingerprint density at radius 1 is 0.955 bits per heavy atom. The van der Waals surface area contributed by atoms with Gasteiger partial charge >= 0.3 is 0 Å². The highest BCUT2D eigenvalue weighted by Crippen LogP contribution is 2.39. The van der Waals surface area contributed by atoms with Crippen LogP contribution in [0.2, 0.25) is 0 Å². The summed E-state index contributed by atoms with van der Waals surface area (Å²) in [5.41, 5.74) is 8.69. The molecule has 14 nitrogen and oxygen atoms in total. The molecule has 0 aliphatic carbocycles. The Morgan fingerprint density at radius 2 is 1.68 bits per heavy atom. The molecular weight excluding hydrogens is 590 g/mol. The van der Waals surface area contributed by atoms with Crippen LogP contribution in [0.1, 0.15) is 5.56 Å². The molecule has 0 bridgehead atoms. The third-order valence-corrected chi connectivity index (χ3v) is 8.24. The number of aliphatic hydroxyl groups excluding tert-OH is 3. The maximum absolute atomic E-state index is 13.2. The van der Waals surface area contributed by atoms with Crippen LogP contribution in [0.4, 0.5) is 34.4 Å². The molecule has 7 N–H and O–H groups in total. The van der Waals surface area contributed by atoms with E-state index in [0.717, 1.165) is 5.69 Å². The monoisotopic (exact) mass is 631 g/mol. The summed E-state index contributed by atoms with van der Waals surface area (Å²) in [5, 5.41) is 42.6. The predicted molar refractivity (Wildman–Crippen MR) is 169 cm³/mol. The smallest absolute Gasteiger partial charge is 0.179 e. The Morgan fingerprint density at radius 3 is 2.34 bits per heavy atom. The van der Waals surface area contributed by atoms with Crippen molar-refractivity contribution in [2.45, 2.75) is 11.8 Å². The highest BCUT2D eigenvalue weighted by molar-refractivity contribution is 7.91. The Labute approximate surface area is 257 Å². The molecule has 0 spiro atoms. The molecule has 0 amide bonds. The summed E-state index contributed by atoms with van der Waals surface area (Å²) in [6.45, 7) is 2.86. The van der Waals surface area contributed by atoms with E-state index in [1.165, 1.54) is 25.3 Å². The van der Waals surface area contributed by atoms with Crippen LogP contribution in [-0.4, -0.2) is 106 Å². The van der Waals surface area contributed by atoms with Gasteiger partial charge in [-0.2, -0.15) is 0 Å². The number of nitrogens with zero attached hydrogens (tertiary/aromatic N) is 4. The van der Waals surface area contributed by atoms with Gasteiger partial charge in [-0.1, -0.05) is 18.2 Å². The zero-order valence-corrected chi connectivity index (χ0v) is 25.8. The van der Waals surface area contributed by atoms with E-state index in [-0.39, 0.29) is 62.4 Å². The third-order valence-electron chi connectivity index (χ3n) is 6.55. The standard InChI is InChI=1S/C29H41N7O7S/c1-21-26(30)28(32-22-6-4-3-5-7-22)33-29(31-10-17-43-18-16-39)27(21)35-34-24-20-23(8-9-25(24)42-2)44(40,41)19-13-36(11-14-37)12-15-38/h3-9,20,37-39H,10-19,30H2,1-2H3,(H2,31,32,33). The Hall–Kier alpha value is -3.86. The van der Waals surface area contributed by atoms with Crippen molar-refractivity contribution in [2.75, 3.05) is 88.4 Å². The van der Waals surface area contributed by atoms with E-state index in [4.69, 9.17) is 20.3 Å². The average Bonchev–Trinajstić information content (AvgIpc) is 3.02. The second kappa shape index (κ2) is 17.4. The van der Waals surface area contributed by atoms with Gasteiger partial charge in [0.2, 0.25) is 0 Å². The van der Waals surface area contributed by atoms with E-state index in [9.17, 15) is 18.6 Å². The SMILES string of the molecule is COc1ccc(S(=O)(=O)CCN(CCO)CCO)cc1N=Nc1c(NCCOCCO)nc(Nc2ccccc2)c(N)c1C. The van der Waals surface area contributed by atoms with E-state index in [1.807, 2.05) is 30.3 Å². The Balaban J connectivity index is 1.95. The fourth-order valence-electron chi connectivity index (χ4n) is 4.15. The number of nitrogens with two attached hydrogens (primary N) is 1. The van der Waals surface area contributed by atoms with E-state index >= 15 is 0 Å². The van der Waals surface area contributed by atoms with E-state index < -0.39 is 9.84 Å². The molecule has 1 heterocycles. The fourth-order valence-corrected chi connectivity index (χ4v) is 5.45. The van der Waals surface area contributed by atoms with Crippen LogP contribution < -0.4 is 21.1 Å². The minimum atomic E-state index is -3.75. The number of rotatable bonds is 19. The molecule has 3 rings (SSSR count). The van der Waals surface area contributed by atoms with Crippen molar-refractivity contribution in [3.63, 3.8) is 0 Å². The van der Waals surface area contributed by atoms with E-state index in [1.54, 1.807) is 11.8 Å². The van der Waals surface area contributed by atoms with Crippen molar-refractivity contribution in [3.8, 4) is 5.75 Å². The maximum atomic E-state index is 13.2. The summed E-state index contributed by atoms with van der Waals surface area (Å²) in [7, 11) is -2.30. The second-order valence-electron chi connectivity index (χ2n) is 9.59. The van der Waals surface area contributed by atoms with Crippen LogP contribution in [0, 0.1) is 6.92 Å². The van der Waals surface area contributed by atoms with Gasteiger partial charge in [-0.3, -0.25) is 4.90 Å². The molecule has 0 radical (unpaired) electrons. The number of hydrogen-bond donors (Lipinski definition) is 6. The van der Waals surface area contributed by atoms with Crippen LogP contribution >= 0.6 is 0 Å². The fraction of sp³-hybridized carbons (Fsp3) is 0.414. The van der Waals surface area contributed by atoms with Crippen molar-refractivity contribution in [1.29, 1.82) is 0 Å². The number of pyridine rings is 1. The molecule has 0 aliphatic rings. The number of nitrogen functional groups attached to an aromatic ring is 1. The van der Waals surface area contributed by atoms with Gasteiger partial charge in [0.25, 0.3) is 0 Å². The largest absolute Gasteiger partial charge is 0.494 e. The van der Waals surface area contributed by atoms with Gasteiger partial charge in [-0.05, 0) is 37.3 Å². The molecule has 240 valence electrons. The van der Waals surface area contributed by atoms with Crippen molar-refractivity contribution in [2.24, 2.45) is 10.2 Å². The Kier molecular flexibility index (Phi) is 13.7. The summed E-state index contributed by atoms with van der Waals surface area (Å²) in [5.74, 6) is 0.857. The van der Waals surface area contributed by atoms with Crippen LogP contribution in [0.3, 0.4) is 0 Å². The van der Waals surface area contributed by atoms with Crippen molar-refractivity contribution in [3.05, 3.63) is 54.1 Å². The number of anilines is 4. The first-order chi connectivity index (χ1) is 21.2. The van der Waals surface area contributed by atoms with Crippen LogP contribution in [0.25, 0.3) is 0 Å². The minimum absolute atomic E-state index is 0.0244. The van der Waals surface area contributed by atoms with Gasteiger partial charge in [0, 0.05) is 37.4 Å². The summed E-state index contributed by atoms with van der Waals surface area (Å²) >= 11 is 0. The van der Waals surface area contributed by atoms with Crippen LogP contribution in [0.5, 0.6) is 5.75 Å². The molecule has 44 heavy (non-hydrogen) atoms. The highest BCUT2D eigenvalue weighted by Gasteiger charge is 2.20. The molecule has 0 atom stereocenters. The van der Waals surface area contributed by atoms with Crippen LogP contribution in [0.15, 0.2) is 63.7 Å². The first-order valence-electron chi connectivity index (χ1n) is 14.0. The topological polar surface area (TPSA) is 204 Å². The molecule has 0 aliphatic heterocycles. The second-order valence-corrected chi connectivity index (χ2v) is 11.7.